The monoisotopic (exact) mass is 303 g/mol. The van der Waals surface area contributed by atoms with Crippen molar-refractivity contribution in [2.75, 3.05) is 6.54 Å². The van der Waals surface area contributed by atoms with Crippen LogP contribution in [0, 0.1) is 0 Å². The minimum Gasteiger partial charge on any atom is -0.491 e. The zero-order valence-corrected chi connectivity index (χ0v) is 14.2. The molecule has 0 amide bonds. The van der Waals surface area contributed by atoms with Crippen molar-refractivity contribution in [3.63, 3.8) is 0 Å². The van der Waals surface area contributed by atoms with Gasteiger partial charge in [-0.3, -0.25) is 0 Å². The van der Waals surface area contributed by atoms with Crippen molar-refractivity contribution < 1.29 is 4.74 Å². The van der Waals surface area contributed by atoms with E-state index in [9.17, 15) is 0 Å². The van der Waals surface area contributed by atoms with Gasteiger partial charge in [0.1, 0.15) is 5.75 Å². The summed E-state index contributed by atoms with van der Waals surface area (Å²) < 4.78 is 6.01. The summed E-state index contributed by atoms with van der Waals surface area (Å²) in [6.45, 7) is 9.44. The van der Waals surface area contributed by atoms with Crippen LogP contribution >= 0.6 is 11.3 Å². The molecule has 2 nitrogen and oxygen atoms in total. The molecule has 2 rings (SSSR count). The largest absolute Gasteiger partial charge is 0.491 e. The minimum atomic E-state index is 0.183. The average molecular weight is 303 g/mol. The van der Waals surface area contributed by atoms with Gasteiger partial charge in [-0.15, -0.1) is 11.3 Å². The Bertz CT molecular complexity index is 562. The van der Waals surface area contributed by atoms with Crippen LogP contribution in [0.5, 0.6) is 5.75 Å². The number of thiophene rings is 1. The Morgan fingerprint density at radius 2 is 1.90 bits per heavy atom. The van der Waals surface area contributed by atoms with Crippen molar-refractivity contribution >= 4 is 11.3 Å². The maximum absolute atomic E-state index is 6.01. The van der Waals surface area contributed by atoms with E-state index in [1.165, 1.54) is 16.0 Å². The quantitative estimate of drug-likeness (QED) is 0.793. The number of aryl methyl sites for hydroxylation is 1. The van der Waals surface area contributed by atoms with Crippen LogP contribution in [0.2, 0.25) is 0 Å². The zero-order chi connectivity index (χ0) is 15.2. The van der Waals surface area contributed by atoms with Gasteiger partial charge in [0.15, 0.2) is 0 Å². The molecule has 1 heterocycles. The number of nitrogens with one attached hydrogen (secondary N) is 1. The Morgan fingerprint density at radius 1 is 1.14 bits per heavy atom. The van der Waals surface area contributed by atoms with E-state index < -0.39 is 0 Å². The average Bonchev–Trinajstić information content (AvgIpc) is 2.93. The molecule has 0 saturated heterocycles. The summed E-state index contributed by atoms with van der Waals surface area (Å²) in [7, 11) is 0. The van der Waals surface area contributed by atoms with Crippen molar-refractivity contribution in [1.29, 1.82) is 0 Å². The Labute approximate surface area is 132 Å². The summed E-state index contributed by atoms with van der Waals surface area (Å²) in [6.07, 6.45) is 1.25. The third-order valence-electron chi connectivity index (χ3n) is 3.42. The normalized spacial score (nSPS) is 12.6. The summed E-state index contributed by atoms with van der Waals surface area (Å²) >= 11 is 1.83. The highest BCUT2D eigenvalue weighted by Crippen LogP contribution is 2.35. The number of hydrogen-bond donors (Lipinski definition) is 1. The van der Waals surface area contributed by atoms with Crippen LogP contribution < -0.4 is 10.1 Å². The second kappa shape index (κ2) is 7.62. The molecule has 0 saturated carbocycles. The van der Waals surface area contributed by atoms with Gasteiger partial charge in [-0.05, 0) is 49.9 Å². The summed E-state index contributed by atoms with van der Waals surface area (Å²) in [5, 5.41) is 5.81. The first kappa shape index (κ1) is 16.1. The van der Waals surface area contributed by atoms with Crippen molar-refractivity contribution in [3.8, 4) is 5.75 Å². The van der Waals surface area contributed by atoms with E-state index in [2.05, 4.69) is 62.7 Å². The van der Waals surface area contributed by atoms with Crippen LogP contribution in [0.15, 0.2) is 35.7 Å². The van der Waals surface area contributed by atoms with Crippen LogP contribution in [-0.2, 0) is 6.42 Å². The number of para-hydroxylation sites is 1. The van der Waals surface area contributed by atoms with E-state index in [1.807, 2.05) is 17.4 Å². The molecule has 1 aromatic heterocycles. The lowest BCUT2D eigenvalue weighted by atomic mass is 10.0. The van der Waals surface area contributed by atoms with Gasteiger partial charge >= 0.3 is 0 Å². The predicted octanol–water partition coefficient (Wildman–Crippen LogP) is 4.80. The first-order valence-corrected chi connectivity index (χ1v) is 8.60. The molecule has 1 N–H and O–H groups in total. The van der Waals surface area contributed by atoms with Crippen LogP contribution in [-0.4, -0.2) is 12.6 Å². The fraction of sp³-hybridized carbons (Fsp3) is 0.444. The summed E-state index contributed by atoms with van der Waals surface area (Å²) in [6, 6.07) is 10.8. The molecule has 3 heteroatoms. The third-order valence-corrected chi connectivity index (χ3v) is 4.45. The SMILES string of the molecule is CCNC(c1ccccc1OC(C)C)c1sccc1CC. The molecule has 114 valence electrons. The van der Waals surface area contributed by atoms with E-state index in [0.29, 0.717) is 0 Å². The summed E-state index contributed by atoms with van der Waals surface area (Å²) in [4.78, 5) is 1.40. The van der Waals surface area contributed by atoms with Gasteiger partial charge in [-0.2, -0.15) is 0 Å². The van der Waals surface area contributed by atoms with Crippen molar-refractivity contribution in [2.24, 2.45) is 0 Å². The van der Waals surface area contributed by atoms with Crippen molar-refractivity contribution in [2.45, 2.75) is 46.3 Å². The Kier molecular flexibility index (Phi) is 5.83. The molecule has 1 atom stereocenters. The first-order valence-electron chi connectivity index (χ1n) is 7.72. The summed E-state index contributed by atoms with van der Waals surface area (Å²) in [5.74, 6) is 0.980. The Balaban J connectivity index is 2.43. The van der Waals surface area contributed by atoms with Crippen LogP contribution in [0.3, 0.4) is 0 Å². The van der Waals surface area contributed by atoms with E-state index >= 15 is 0 Å². The molecule has 0 spiro atoms. The van der Waals surface area contributed by atoms with Gasteiger partial charge in [-0.25, -0.2) is 0 Å². The van der Waals surface area contributed by atoms with E-state index in [0.717, 1.165) is 18.7 Å². The van der Waals surface area contributed by atoms with Crippen LogP contribution in [0.1, 0.15) is 49.7 Å². The van der Waals surface area contributed by atoms with E-state index in [-0.39, 0.29) is 12.1 Å². The van der Waals surface area contributed by atoms with Crippen molar-refractivity contribution in [3.05, 3.63) is 51.7 Å². The number of hydrogen-bond acceptors (Lipinski definition) is 3. The molecule has 1 unspecified atom stereocenters. The standard InChI is InChI=1S/C18H25NOS/c1-5-14-11-12-21-18(14)17(19-6-2)15-9-7-8-10-16(15)20-13(3)4/h7-13,17,19H,5-6H2,1-4H3. The zero-order valence-electron chi connectivity index (χ0n) is 13.3. The topological polar surface area (TPSA) is 21.3 Å². The smallest absolute Gasteiger partial charge is 0.124 e. The third kappa shape index (κ3) is 3.86. The molecule has 21 heavy (non-hydrogen) atoms. The fourth-order valence-electron chi connectivity index (χ4n) is 2.52. The van der Waals surface area contributed by atoms with Crippen molar-refractivity contribution in [1.82, 2.24) is 5.32 Å². The second-order valence-corrected chi connectivity index (χ2v) is 6.31. The molecule has 2 aromatic rings. The maximum atomic E-state index is 6.01. The highest BCUT2D eigenvalue weighted by atomic mass is 32.1. The van der Waals surface area contributed by atoms with Gasteiger partial charge in [-0.1, -0.05) is 32.0 Å². The molecule has 0 aliphatic carbocycles. The van der Waals surface area contributed by atoms with E-state index in [1.54, 1.807) is 0 Å². The van der Waals surface area contributed by atoms with Gasteiger partial charge < -0.3 is 10.1 Å². The highest BCUT2D eigenvalue weighted by molar-refractivity contribution is 7.10. The number of ether oxygens (including phenoxy) is 1. The maximum Gasteiger partial charge on any atom is 0.124 e. The first-order chi connectivity index (χ1) is 10.2. The highest BCUT2D eigenvalue weighted by Gasteiger charge is 2.21. The lowest BCUT2D eigenvalue weighted by molar-refractivity contribution is 0.238. The van der Waals surface area contributed by atoms with Gasteiger partial charge in [0, 0.05) is 10.4 Å². The van der Waals surface area contributed by atoms with Gasteiger partial charge in [0.2, 0.25) is 0 Å². The summed E-state index contributed by atoms with van der Waals surface area (Å²) in [5.41, 5.74) is 2.65. The number of rotatable bonds is 7. The fourth-order valence-corrected chi connectivity index (χ4v) is 3.61. The Morgan fingerprint density at radius 3 is 2.57 bits per heavy atom. The lowest BCUT2D eigenvalue weighted by Gasteiger charge is -2.23. The number of benzene rings is 1. The van der Waals surface area contributed by atoms with Crippen LogP contribution in [0.25, 0.3) is 0 Å². The van der Waals surface area contributed by atoms with Gasteiger partial charge in [0.05, 0.1) is 12.1 Å². The molecule has 1 aromatic carbocycles. The van der Waals surface area contributed by atoms with E-state index in [4.69, 9.17) is 4.74 Å². The molecule has 0 fully saturated rings. The molecular formula is C18H25NOS. The van der Waals surface area contributed by atoms with Crippen LogP contribution in [0.4, 0.5) is 0 Å². The molecule has 0 aliphatic heterocycles. The minimum absolute atomic E-state index is 0.183. The molecular weight excluding hydrogens is 278 g/mol. The molecule has 0 aliphatic rings. The van der Waals surface area contributed by atoms with Gasteiger partial charge in [0.25, 0.3) is 0 Å². The Hall–Kier alpha value is -1.32. The predicted molar refractivity (Wildman–Crippen MR) is 91.4 cm³/mol. The molecule has 0 radical (unpaired) electrons. The second-order valence-electron chi connectivity index (χ2n) is 5.36. The molecule has 0 bridgehead atoms. The lowest BCUT2D eigenvalue weighted by Crippen LogP contribution is -2.23.